The summed E-state index contributed by atoms with van der Waals surface area (Å²) in [5.41, 5.74) is 5.23. The Bertz CT molecular complexity index is 1380. The predicted octanol–water partition coefficient (Wildman–Crippen LogP) is 6.38. The predicted molar refractivity (Wildman–Crippen MR) is 136 cm³/mol. The Morgan fingerprint density at radius 1 is 1.12 bits per heavy atom. The zero-order chi connectivity index (χ0) is 23.2. The quantitative estimate of drug-likeness (QED) is 0.349. The van der Waals surface area contributed by atoms with Crippen LogP contribution in [0.25, 0.3) is 11.3 Å². The molecule has 1 atom stereocenters. The third kappa shape index (κ3) is 3.92. The van der Waals surface area contributed by atoms with Crippen molar-refractivity contribution in [3.63, 3.8) is 0 Å². The van der Waals surface area contributed by atoms with Gasteiger partial charge in [-0.05, 0) is 48.2 Å². The lowest BCUT2D eigenvalue weighted by Crippen LogP contribution is -2.38. The van der Waals surface area contributed by atoms with Crippen molar-refractivity contribution in [2.75, 3.05) is 11.9 Å². The largest absolute Gasteiger partial charge is 0.457 e. The highest BCUT2D eigenvalue weighted by molar-refractivity contribution is 7.16. The minimum atomic E-state index is -0.407. The van der Waals surface area contributed by atoms with E-state index < -0.39 is 6.17 Å². The zero-order valence-electron chi connectivity index (χ0n) is 18.7. The fourth-order valence-corrected chi connectivity index (χ4v) is 6.19. The van der Waals surface area contributed by atoms with Crippen LogP contribution in [0.2, 0.25) is 5.02 Å². The highest BCUT2D eigenvalue weighted by Gasteiger charge is 2.34. The van der Waals surface area contributed by atoms with Crippen LogP contribution in [0.5, 0.6) is 0 Å². The number of aryl methyl sites for hydroxylation is 1. The van der Waals surface area contributed by atoms with Gasteiger partial charge in [0.25, 0.3) is 5.91 Å². The molecular formula is C27H24ClN3O2S. The van der Waals surface area contributed by atoms with Crippen molar-refractivity contribution in [1.82, 2.24) is 10.2 Å². The van der Waals surface area contributed by atoms with E-state index in [1.807, 2.05) is 43.3 Å². The molecule has 34 heavy (non-hydrogen) atoms. The average molecular weight is 490 g/mol. The van der Waals surface area contributed by atoms with E-state index in [-0.39, 0.29) is 5.91 Å². The van der Waals surface area contributed by atoms with Gasteiger partial charge in [0.1, 0.15) is 16.5 Å². The van der Waals surface area contributed by atoms with Crippen molar-refractivity contribution in [3.05, 3.63) is 98.6 Å². The van der Waals surface area contributed by atoms with Gasteiger partial charge in [0.2, 0.25) is 0 Å². The first-order valence-corrected chi connectivity index (χ1v) is 12.6. The maximum atomic E-state index is 13.1. The Morgan fingerprint density at radius 3 is 2.79 bits per heavy atom. The van der Waals surface area contributed by atoms with Gasteiger partial charge < -0.3 is 15.1 Å². The van der Waals surface area contributed by atoms with Crippen molar-refractivity contribution in [3.8, 4) is 11.3 Å². The number of carbonyl (C=O) groups excluding carboxylic acids is 1. The molecule has 2 aliphatic heterocycles. The lowest BCUT2D eigenvalue weighted by atomic mass is 10.0. The van der Waals surface area contributed by atoms with Crippen LogP contribution in [0.3, 0.4) is 0 Å². The minimum absolute atomic E-state index is 0.0379. The summed E-state index contributed by atoms with van der Waals surface area (Å²) in [7, 11) is 0. The van der Waals surface area contributed by atoms with E-state index in [0.717, 1.165) is 53.5 Å². The van der Waals surface area contributed by atoms with Crippen LogP contribution < -0.4 is 10.6 Å². The van der Waals surface area contributed by atoms with Crippen molar-refractivity contribution in [2.24, 2.45) is 0 Å². The fraction of sp³-hybridized carbons (Fsp3) is 0.222. The third-order valence-electron chi connectivity index (χ3n) is 6.53. The maximum absolute atomic E-state index is 13.1. The molecule has 2 N–H and O–H groups in total. The lowest BCUT2D eigenvalue weighted by molar-refractivity contribution is 0.0930. The summed E-state index contributed by atoms with van der Waals surface area (Å²) in [5, 5.41) is 8.21. The van der Waals surface area contributed by atoms with Gasteiger partial charge in [-0.25, -0.2) is 0 Å². The van der Waals surface area contributed by atoms with Crippen LogP contribution in [0.4, 0.5) is 5.00 Å². The molecule has 2 aliphatic rings. The van der Waals surface area contributed by atoms with Crippen LogP contribution >= 0.6 is 22.9 Å². The second kappa shape index (κ2) is 8.62. The van der Waals surface area contributed by atoms with Crippen LogP contribution in [0, 0.1) is 6.92 Å². The first-order valence-electron chi connectivity index (χ1n) is 11.4. The number of benzene rings is 2. The number of anilines is 1. The number of halogens is 1. The number of thiophene rings is 1. The number of carbonyl (C=O) groups is 1. The van der Waals surface area contributed by atoms with Gasteiger partial charge in [0, 0.05) is 35.1 Å². The molecule has 7 heteroatoms. The lowest BCUT2D eigenvalue weighted by Gasteiger charge is -2.28. The Kier molecular flexibility index (Phi) is 5.44. The number of nitrogens with one attached hydrogen (secondary N) is 2. The van der Waals surface area contributed by atoms with Gasteiger partial charge in [-0.1, -0.05) is 54.1 Å². The smallest absolute Gasteiger partial charge is 0.256 e. The van der Waals surface area contributed by atoms with E-state index >= 15 is 0 Å². The number of hydrogen-bond donors (Lipinski definition) is 2. The molecule has 0 unspecified atom stereocenters. The summed E-state index contributed by atoms with van der Waals surface area (Å²) in [5.74, 6) is 1.35. The molecule has 2 aromatic carbocycles. The van der Waals surface area contributed by atoms with E-state index in [9.17, 15) is 4.79 Å². The number of fused-ring (bicyclic) bond motifs is 3. The second-order valence-corrected chi connectivity index (χ2v) is 10.4. The highest BCUT2D eigenvalue weighted by Crippen LogP contribution is 2.41. The van der Waals surface area contributed by atoms with Crippen LogP contribution in [0.15, 0.2) is 65.1 Å². The standard InChI is InChI=1S/C27H24ClN3O2S/c1-16-7-8-18(13-20(16)28)21-9-10-22(33-21)25-29-26(32)24-19-11-12-31(14-17-5-3-2-4-6-17)15-23(19)34-27(24)30-25/h2-10,13,25,30H,11-12,14-15H2,1H3,(H,29,32)/t25-/m1/s1. The van der Waals surface area contributed by atoms with Crippen LogP contribution in [-0.2, 0) is 19.5 Å². The number of rotatable bonds is 4. The zero-order valence-corrected chi connectivity index (χ0v) is 20.3. The van der Waals surface area contributed by atoms with E-state index in [1.54, 1.807) is 11.3 Å². The molecule has 0 saturated carbocycles. The first kappa shape index (κ1) is 21.5. The normalized spacial score (nSPS) is 17.6. The van der Waals surface area contributed by atoms with Crippen molar-refractivity contribution >= 4 is 33.8 Å². The molecule has 0 saturated heterocycles. The molecule has 4 heterocycles. The molecule has 5 nitrogen and oxygen atoms in total. The van der Waals surface area contributed by atoms with Gasteiger partial charge in [0.15, 0.2) is 6.17 Å². The summed E-state index contributed by atoms with van der Waals surface area (Å²) in [6, 6.07) is 20.2. The molecule has 2 aromatic heterocycles. The highest BCUT2D eigenvalue weighted by atomic mass is 35.5. The topological polar surface area (TPSA) is 57.5 Å². The van der Waals surface area contributed by atoms with Gasteiger partial charge in [-0.2, -0.15) is 0 Å². The van der Waals surface area contributed by atoms with E-state index in [2.05, 4.69) is 39.8 Å². The van der Waals surface area contributed by atoms with E-state index in [0.29, 0.717) is 10.8 Å². The average Bonchev–Trinajstić information content (AvgIpc) is 3.46. The molecule has 0 radical (unpaired) electrons. The van der Waals surface area contributed by atoms with Crippen molar-refractivity contribution < 1.29 is 9.21 Å². The first-order chi connectivity index (χ1) is 16.5. The molecule has 1 amide bonds. The number of amides is 1. The molecule has 4 aromatic rings. The second-order valence-electron chi connectivity index (χ2n) is 8.87. The summed E-state index contributed by atoms with van der Waals surface area (Å²) in [6.45, 7) is 4.70. The molecule has 0 fully saturated rings. The Balaban J connectivity index is 1.22. The summed E-state index contributed by atoms with van der Waals surface area (Å²) in [4.78, 5) is 16.8. The Labute approximate surface area is 207 Å². The number of nitrogens with zero attached hydrogens (tertiary/aromatic N) is 1. The molecule has 6 rings (SSSR count). The van der Waals surface area contributed by atoms with E-state index in [1.165, 1.54) is 16.0 Å². The molecule has 0 spiro atoms. The SMILES string of the molecule is Cc1ccc(-c2ccc([C@@H]3NC(=O)c4c(sc5c4CCN(Cc4ccccc4)C5)N3)o2)cc1Cl. The van der Waals surface area contributed by atoms with Crippen molar-refractivity contribution in [2.45, 2.75) is 32.6 Å². The summed E-state index contributed by atoms with van der Waals surface area (Å²) in [6.07, 6.45) is 0.475. The summed E-state index contributed by atoms with van der Waals surface area (Å²) < 4.78 is 6.11. The van der Waals surface area contributed by atoms with Gasteiger partial charge in [-0.15, -0.1) is 11.3 Å². The van der Waals surface area contributed by atoms with E-state index in [4.69, 9.17) is 16.0 Å². The maximum Gasteiger partial charge on any atom is 0.256 e. The van der Waals surface area contributed by atoms with Crippen LogP contribution in [0.1, 0.15) is 43.9 Å². The number of hydrogen-bond acceptors (Lipinski definition) is 5. The third-order valence-corrected chi connectivity index (χ3v) is 8.09. The Morgan fingerprint density at radius 2 is 1.97 bits per heavy atom. The molecule has 0 aliphatic carbocycles. The molecule has 172 valence electrons. The van der Waals surface area contributed by atoms with Gasteiger partial charge in [0.05, 0.1) is 5.56 Å². The Hall–Kier alpha value is -3.06. The monoisotopic (exact) mass is 489 g/mol. The molecular weight excluding hydrogens is 466 g/mol. The minimum Gasteiger partial charge on any atom is -0.457 e. The van der Waals surface area contributed by atoms with Crippen LogP contribution in [-0.4, -0.2) is 17.4 Å². The molecule has 0 bridgehead atoms. The fourth-order valence-electron chi connectivity index (χ4n) is 4.70. The van der Waals surface area contributed by atoms with Crippen molar-refractivity contribution in [1.29, 1.82) is 0 Å². The number of furan rings is 1. The van der Waals surface area contributed by atoms with Gasteiger partial charge >= 0.3 is 0 Å². The van der Waals surface area contributed by atoms with Gasteiger partial charge in [-0.3, -0.25) is 9.69 Å². The summed E-state index contributed by atoms with van der Waals surface area (Å²) >= 11 is 7.97.